The second kappa shape index (κ2) is 39.1. The maximum atomic E-state index is 12.7. The Labute approximate surface area is 344 Å². The lowest BCUT2D eigenvalue weighted by atomic mass is 10.1. The van der Waals surface area contributed by atoms with Crippen molar-refractivity contribution in [3.63, 3.8) is 0 Å². The number of unbranched alkanes of at least 4 members (excludes halogenated alkanes) is 19. The molecule has 0 aromatic carbocycles. The predicted molar refractivity (Wildman–Crippen MR) is 231 cm³/mol. The van der Waals surface area contributed by atoms with Crippen LogP contribution in [0.4, 0.5) is 0 Å². The van der Waals surface area contributed by atoms with Gasteiger partial charge in [-0.15, -0.1) is 0 Å². The van der Waals surface area contributed by atoms with E-state index >= 15 is 0 Å². The molecule has 0 rings (SSSR count). The molecular weight excluding hydrogens is 703 g/mol. The molecule has 8 nitrogen and oxygen atoms in total. The number of likely N-dealkylation sites (N-methyl/N-ethyl adjacent to an activating group) is 1. The van der Waals surface area contributed by atoms with E-state index in [9.17, 15) is 19.5 Å². The van der Waals surface area contributed by atoms with Gasteiger partial charge in [-0.25, -0.2) is 0 Å². The monoisotopic (exact) mass is 788 g/mol. The summed E-state index contributed by atoms with van der Waals surface area (Å²) in [6.07, 6.45) is 45.6. The van der Waals surface area contributed by atoms with Gasteiger partial charge in [0.05, 0.1) is 40.3 Å². The Bertz CT molecular complexity index is 1060. The highest BCUT2D eigenvalue weighted by atomic mass is 16.6. The Morgan fingerprint density at radius 3 is 1.57 bits per heavy atom. The second-order valence-corrected chi connectivity index (χ2v) is 16.3. The Morgan fingerprint density at radius 1 is 0.571 bits per heavy atom. The summed E-state index contributed by atoms with van der Waals surface area (Å²) in [6, 6.07) is -0.729. The van der Waals surface area contributed by atoms with Crippen molar-refractivity contribution in [2.75, 3.05) is 41.0 Å². The molecule has 0 aromatic heterocycles. The van der Waals surface area contributed by atoms with Gasteiger partial charge in [-0.05, 0) is 64.2 Å². The SMILES string of the molecule is CC/C=C/C/C=C/CCCCCCCC(=O)OCC(COCCC(C(=O)[O-])[N+](C)(C)C)OC(=O)CCCCCCCCCCCC/C=C/C=C/CCCCCC. The number of rotatable bonds is 40. The topological polar surface area (TPSA) is 102 Å². The van der Waals surface area contributed by atoms with Gasteiger partial charge >= 0.3 is 11.9 Å². The number of nitrogens with zero attached hydrogens (tertiary/aromatic N) is 1. The first kappa shape index (κ1) is 53.3. The number of hydrogen-bond acceptors (Lipinski definition) is 7. The first-order valence-electron chi connectivity index (χ1n) is 22.7. The van der Waals surface area contributed by atoms with Crippen molar-refractivity contribution in [3.05, 3.63) is 48.6 Å². The van der Waals surface area contributed by atoms with Gasteiger partial charge in [-0.2, -0.15) is 0 Å². The lowest BCUT2D eigenvalue weighted by Gasteiger charge is -2.34. The van der Waals surface area contributed by atoms with E-state index in [4.69, 9.17) is 14.2 Å². The summed E-state index contributed by atoms with van der Waals surface area (Å²) in [5.41, 5.74) is 0. The number of carbonyl (C=O) groups excluding carboxylic acids is 3. The summed E-state index contributed by atoms with van der Waals surface area (Å²) in [7, 11) is 5.40. The largest absolute Gasteiger partial charge is 0.544 e. The van der Waals surface area contributed by atoms with Crippen molar-refractivity contribution in [2.45, 2.75) is 199 Å². The molecule has 8 heteroatoms. The molecule has 0 aliphatic heterocycles. The lowest BCUT2D eigenvalue weighted by molar-refractivity contribution is -0.889. The highest BCUT2D eigenvalue weighted by molar-refractivity contribution is 5.70. The molecule has 0 saturated carbocycles. The second-order valence-electron chi connectivity index (χ2n) is 16.3. The molecule has 0 radical (unpaired) electrons. The third kappa shape index (κ3) is 36.9. The maximum absolute atomic E-state index is 12.7. The summed E-state index contributed by atoms with van der Waals surface area (Å²) in [5, 5.41) is 11.6. The summed E-state index contributed by atoms with van der Waals surface area (Å²) < 4.78 is 17.2. The Hall–Kier alpha value is -2.71. The highest BCUT2D eigenvalue weighted by Crippen LogP contribution is 2.14. The zero-order valence-electron chi connectivity index (χ0n) is 36.8. The zero-order chi connectivity index (χ0) is 41.4. The molecule has 0 N–H and O–H groups in total. The first-order chi connectivity index (χ1) is 27.1. The van der Waals surface area contributed by atoms with E-state index in [1.165, 1.54) is 83.5 Å². The summed E-state index contributed by atoms with van der Waals surface area (Å²) in [5.74, 6) is -1.76. The van der Waals surface area contributed by atoms with Gasteiger partial charge in [0.15, 0.2) is 6.10 Å². The smallest absolute Gasteiger partial charge is 0.306 e. The number of allylic oxidation sites excluding steroid dienone is 8. The molecule has 0 aromatic rings. The number of carbonyl (C=O) groups is 3. The molecule has 0 fully saturated rings. The van der Waals surface area contributed by atoms with Crippen LogP contribution in [-0.2, 0) is 28.6 Å². The van der Waals surface area contributed by atoms with Gasteiger partial charge < -0.3 is 28.6 Å². The standard InChI is InChI=1S/C48H85NO7/c1-6-8-10-12-14-16-18-20-21-22-23-24-25-26-27-29-31-33-35-37-39-47(51)56-44(42-54-41-40-45(48(52)53)49(3,4)5)43-55-46(50)38-36-34-32-30-28-19-17-15-13-11-9-7-2/h9,11,15-18,20-21,44-45H,6-8,10,12-14,19,22-43H2,1-5H3/b11-9+,17-15+,18-16+,21-20+. The van der Waals surface area contributed by atoms with Crippen molar-refractivity contribution in [3.8, 4) is 0 Å². The minimum Gasteiger partial charge on any atom is -0.544 e. The van der Waals surface area contributed by atoms with Crippen LogP contribution in [-0.4, -0.2) is 75.5 Å². The van der Waals surface area contributed by atoms with E-state index in [1.54, 1.807) is 21.1 Å². The van der Waals surface area contributed by atoms with Gasteiger partial charge in [-0.3, -0.25) is 9.59 Å². The molecule has 0 spiro atoms. The Morgan fingerprint density at radius 2 is 1.05 bits per heavy atom. The summed E-state index contributed by atoms with van der Waals surface area (Å²) >= 11 is 0. The fourth-order valence-electron chi connectivity index (χ4n) is 6.45. The van der Waals surface area contributed by atoms with Gasteiger partial charge in [0.25, 0.3) is 0 Å². The van der Waals surface area contributed by atoms with Gasteiger partial charge in [0.2, 0.25) is 0 Å². The minimum absolute atomic E-state index is 0.0343. The third-order valence-corrected chi connectivity index (χ3v) is 9.98. The van der Waals surface area contributed by atoms with Crippen LogP contribution in [0.3, 0.4) is 0 Å². The average Bonchev–Trinajstić information content (AvgIpc) is 3.15. The number of quaternary nitrogens is 1. The number of carboxylic acid groups (broad SMARTS) is 1. The number of hydrogen-bond donors (Lipinski definition) is 0. The quantitative estimate of drug-likeness (QED) is 0.0200. The number of carboxylic acids is 1. The first-order valence-corrected chi connectivity index (χ1v) is 22.7. The summed E-state index contributed by atoms with van der Waals surface area (Å²) in [6.45, 7) is 4.51. The van der Waals surface area contributed by atoms with Crippen LogP contribution in [0, 0.1) is 0 Å². The van der Waals surface area contributed by atoms with Gasteiger partial charge in [0, 0.05) is 19.3 Å². The highest BCUT2D eigenvalue weighted by Gasteiger charge is 2.25. The molecule has 2 unspecified atom stereocenters. The number of esters is 2. The van der Waals surface area contributed by atoms with Crippen molar-refractivity contribution in [2.24, 2.45) is 0 Å². The number of ether oxygens (including phenoxy) is 3. The van der Waals surface area contributed by atoms with Crippen molar-refractivity contribution < 1.29 is 38.2 Å². The van der Waals surface area contributed by atoms with Crippen LogP contribution >= 0.6 is 0 Å². The molecule has 0 aliphatic carbocycles. The van der Waals surface area contributed by atoms with Gasteiger partial charge in [-0.1, -0.05) is 152 Å². The molecule has 324 valence electrons. The molecule has 2 atom stereocenters. The van der Waals surface area contributed by atoms with Crippen LogP contribution in [0.2, 0.25) is 0 Å². The minimum atomic E-state index is -1.13. The van der Waals surface area contributed by atoms with Crippen LogP contribution in [0.1, 0.15) is 187 Å². The molecule has 0 amide bonds. The fraction of sp³-hybridized carbons (Fsp3) is 0.771. The van der Waals surface area contributed by atoms with E-state index in [1.807, 2.05) is 0 Å². The average molecular weight is 788 g/mol. The molecule has 0 aliphatic rings. The van der Waals surface area contributed by atoms with E-state index in [2.05, 4.69) is 62.5 Å². The summed E-state index contributed by atoms with van der Waals surface area (Å²) in [4.78, 5) is 36.8. The molecule has 0 bridgehead atoms. The predicted octanol–water partition coefficient (Wildman–Crippen LogP) is 11.1. The Kier molecular flexibility index (Phi) is 37.2. The van der Waals surface area contributed by atoms with Crippen LogP contribution in [0.25, 0.3) is 0 Å². The molecule has 56 heavy (non-hydrogen) atoms. The van der Waals surface area contributed by atoms with E-state index < -0.39 is 18.1 Å². The van der Waals surface area contributed by atoms with Crippen LogP contribution in [0.15, 0.2) is 48.6 Å². The molecule has 0 saturated heterocycles. The fourth-order valence-corrected chi connectivity index (χ4v) is 6.45. The van der Waals surface area contributed by atoms with Crippen molar-refractivity contribution in [1.82, 2.24) is 0 Å². The van der Waals surface area contributed by atoms with Gasteiger partial charge in [0.1, 0.15) is 12.6 Å². The van der Waals surface area contributed by atoms with E-state index in [-0.39, 0.29) is 42.7 Å². The van der Waals surface area contributed by atoms with Crippen molar-refractivity contribution >= 4 is 17.9 Å². The van der Waals surface area contributed by atoms with Crippen LogP contribution < -0.4 is 5.11 Å². The lowest BCUT2D eigenvalue weighted by Crippen LogP contribution is -2.55. The number of aliphatic carboxylic acids is 1. The molecule has 0 heterocycles. The van der Waals surface area contributed by atoms with E-state index in [0.29, 0.717) is 12.8 Å². The zero-order valence-corrected chi connectivity index (χ0v) is 36.8. The van der Waals surface area contributed by atoms with E-state index in [0.717, 1.165) is 70.6 Å². The Balaban J connectivity index is 4.30. The normalized spacial score (nSPS) is 13.4. The van der Waals surface area contributed by atoms with Crippen molar-refractivity contribution in [1.29, 1.82) is 0 Å². The molecular formula is C48H85NO7. The van der Waals surface area contributed by atoms with Crippen LogP contribution in [0.5, 0.6) is 0 Å². The third-order valence-electron chi connectivity index (χ3n) is 9.98. The maximum Gasteiger partial charge on any atom is 0.306 e.